The average molecular weight is 438 g/mol. The topological polar surface area (TPSA) is 65.1 Å². The minimum Gasteiger partial charge on any atom is -0.493 e. The summed E-state index contributed by atoms with van der Waals surface area (Å²) in [5, 5.41) is 0. The molecule has 170 valence electrons. The van der Waals surface area contributed by atoms with E-state index in [2.05, 4.69) is 25.2 Å². The molecule has 6 heteroatoms. The zero-order chi connectivity index (χ0) is 23.5. The van der Waals surface area contributed by atoms with Crippen LogP contribution in [-0.2, 0) is 20.9 Å². The van der Waals surface area contributed by atoms with Crippen LogP contribution in [0.25, 0.3) is 0 Å². The third-order valence-electron chi connectivity index (χ3n) is 5.20. The van der Waals surface area contributed by atoms with Gasteiger partial charge in [-0.15, -0.1) is 6.58 Å². The van der Waals surface area contributed by atoms with Crippen molar-refractivity contribution < 1.29 is 23.8 Å². The van der Waals surface area contributed by atoms with Crippen LogP contribution in [-0.4, -0.2) is 37.5 Å². The van der Waals surface area contributed by atoms with Crippen molar-refractivity contribution in [2.75, 3.05) is 14.2 Å². The Labute approximate surface area is 190 Å². The van der Waals surface area contributed by atoms with Crippen LogP contribution in [0, 0.1) is 13.8 Å². The number of amides is 1. The molecule has 2 aromatic rings. The summed E-state index contributed by atoms with van der Waals surface area (Å²) >= 11 is 0. The van der Waals surface area contributed by atoms with Gasteiger partial charge in [0.2, 0.25) is 6.41 Å². The van der Waals surface area contributed by atoms with E-state index in [0.29, 0.717) is 13.0 Å². The van der Waals surface area contributed by atoms with E-state index >= 15 is 0 Å². The largest absolute Gasteiger partial charge is 0.493 e. The molecule has 0 spiro atoms. The van der Waals surface area contributed by atoms with Crippen LogP contribution in [0.2, 0.25) is 0 Å². The third kappa shape index (κ3) is 7.01. The molecule has 3 rings (SSSR count). The van der Waals surface area contributed by atoms with Gasteiger partial charge in [0, 0.05) is 6.20 Å². The van der Waals surface area contributed by atoms with Crippen LogP contribution in [0.3, 0.4) is 0 Å². The van der Waals surface area contributed by atoms with E-state index in [0.717, 1.165) is 29.0 Å². The SMILES string of the molecule is C=CC1CC(CC(=O)OC)=CN1C=O.COc1cc(C)c(C)cc1OCc1ccccc1. The molecule has 1 aliphatic heterocycles. The minimum absolute atomic E-state index is 0.0212. The normalized spacial score (nSPS) is 14.6. The highest BCUT2D eigenvalue weighted by Gasteiger charge is 2.22. The molecule has 0 bridgehead atoms. The Kier molecular flexibility index (Phi) is 9.54. The summed E-state index contributed by atoms with van der Waals surface area (Å²) < 4.78 is 15.7. The molecule has 0 fully saturated rings. The zero-order valence-corrected chi connectivity index (χ0v) is 19.2. The van der Waals surface area contributed by atoms with Crippen LogP contribution in [0.15, 0.2) is 66.9 Å². The van der Waals surface area contributed by atoms with Gasteiger partial charge in [-0.3, -0.25) is 9.59 Å². The summed E-state index contributed by atoms with van der Waals surface area (Å²) in [4.78, 5) is 23.1. The molecule has 0 aromatic heterocycles. The van der Waals surface area contributed by atoms with E-state index in [1.54, 1.807) is 19.4 Å². The van der Waals surface area contributed by atoms with Gasteiger partial charge in [0.15, 0.2) is 11.5 Å². The molecule has 2 aromatic carbocycles. The van der Waals surface area contributed by atoms with Crippen LogP contribution < -0.4 is 9.47 Å². The number of methoxy groups -OCH3 is 2. The number of nitrogens with zero attached hydrogens (tertiary/aromatic N) is 1. The number of carbonyl (C=O) groups excluding carboxylic acids is 2. The Balaban J connectivity index is 0.000000235. The maximum Gasteiger partial charge on any atom is 0.309 e. The van der Waals surface area contributed by atoms with E-state index in [4.69, 9.17) is 9.47 Å². The zero-order valence-electron chi connectivity index (χ0n) is 19.2. The molecule has 1 heterocycles. The first-order valence-corrected chi connectivity index (χ1v) is 10.4. The summed E-state index contributed by atoms with van der Waals surface area (Å²) in [6, 6.07) is 14.1. The highest BCUT2D eigenvalue weighted by Crippen LogP contribution is 2.30. The van der Waals surface area contributed by atoms with Crippen LogP contribution >= 0.6 is 0 Å². The maximum atomic E-state index is 11.0. The molecule has 1 amide bonds. The maximum absolute atomic E-state index is 11.0. The molecule has 1 atom stereocenters. The van der Waals surface area contributed by atoms with E-state index in [1.807, 2.05) is 42.5 Å². The van der Waals surface area contributed by atoms with Gasteiger partial charge in [0.1, 0.15) is 6.61 Å². The van der Waals surface area contributed by atoms with Gasteiger partial charge in [0.05, 0.1) is 26.7 Å². The minimum atomic E-state index is -0.285. The van der Waals surface area contributed by atoms with Crippen LogP contribution in [0.1, 0.15) is 29.5 Å². The van der Waals surface area contributed by atoms with Gasteiger partial charge in [0.25, 0.3) is 0 Å². The van der Waals surface area contributed by atoms with Gasteiger partial charge in [-0.1, -0.05) is 36.4 Å². The fraction of sp³-hybridized carbons (Fsp3) is 0.308. The van der Waals surface area contributed by atoms with E-state index in [-0.39, 0.29) is 18.4 Å². The Morgan fingerprint density at radius 2 is 1.78 bits per heavy atom. The lowest BCUT2D eigenvalue weighted by Crippen LogP contribution is -2.22. The van der Waals surface area contributed by atoms with Crippen molar-refractivity contribution >= 4 is 12.4 Å². The third-order valence-corrected chi connectivity index (χ3v) is 5.20. The molecule has 6 nitrogen and oxygen atoms in total. The second-order valence-corrected chi connectivity index (χ2v) is 7.46. The van der Waals surface area contributed by atoms with Gasteiger partial charge in [-0.05, 0) is 54.7 Å². The van der Waals surface area contributed by atoms with E-state index < -0.39 is 0 Å². The molecule has 0 saturated carbocycles. The monoisotopic (exact) mass is 437 g/mol. The van der Waals surface area contributed by atoms with Crippen LogP contribution in [0.4, 0.5) is 0 Å². The number of hydrogen-bond donors (Lipinski definition) is 0. The summed E-state index contributed by atoms with van der Waals surface area (Å²) in [5.74, 6) is 1.30. The Hall–Kier alpha value is -3.54. The van der Waals surface area contributed by atoms with Gasteiger partial charge in [-0.2, -0.15) is 0 Å². The van der Waals surface area contributed by atoms with Gasteiger partial charge < -0.3 is 19.1 Å². The van der Waals surface area contributed by atoms with Crippen molar-refractivity contribution in [3.8, 4) is 11.5 Å². The number of carbonyl (C=O) groups is 2. The lowest BCUT2D eigenvalue weighted by Gasteiger charge is -2.13. The lowest BCUT2D eigenvalue weighted by atomic mass is 10.1. The summed E-state index contributed by atoms with van der Waals surface area (Å²) in [6.45, 7) is 8.32. The molecule has 1 aliphatic rings. The number of rotatable bonds is 8. The standard InChI is InChI=1S/C16H18O2.C10H13NO3/c1-12-9-15(17-3)16(10-13(12)2)18-11-14-7-5-4-6-8-14;1-3-9-4-8(5-10(13)14-2)6-11(9)7-12/h4-10H,11H2,1-3H3;3,6-7,9H,1,4-5H2,2H3. The van der Waals surface area contributed by atoms with Crippen molar-refractivity contribution in [1.29, 1.82) is 0 Å². The number of hydrogen-bond acceptors (Lipinski definition) is 5. The Morgan fingerprint density at radius 3 is 2.31 bits per heavy atom. The first-order valence-electron chi connectivity index (χ1n) is 10.4. The molecule has 0 N–H and O–H groups in total. The first-order chi connectivity index (χ1) is 15.4. The smallest absolute Gasteiger partial charge is 0.309 e. The lowest BCUT2D eigenvalue weighted by molar-refractivity contribution is -0.139. The molecular weight excluding hydrogens is 406 g/mol. The van der Waals surface area contributed by atoms with Crippen molar-refractivity contribution in [1.82, 2.24) is 4.90 Å². The summed E-state index contributed by atoms with van der Waals surface area (Å²) in [6.07, 6.45) is 5.00. The highest BCUT2D eigenvalue weighted by molar-refractivity contribution is 5.72. The number of ether oxygens (including phenoxy) is 3. The van der Waals surface area contributed by atoms with Gasteiger partial charge >= 0.3 is 5.97 Å². The molecule has 0 aliphatic carbocycles. The predicted molar refractivity (Wildman–Crippen MR) is 124 cm³/mol. The fourth-order valence-electron chi connectivity index (χ4n) is 3.19. The van der Waals surface area contributed by atoms with E-state index in [1.165, 1.54) is 23.1 Å². The van der Waals surface area contributed by atoms with E-state index in [9.17, 15) is 9.59 Å². The van der Waals surface area contributed by atoms with Crippen LogP contribution in [0.5, 0.6) is 11.5 Å². The molecule has 0 radical (unpaired) electrons. The average Bonchev–Trinajstić information content (AvgIpc) is 3.22. The summed E-state index contributed by atoms with van der Waals surface area (Å²) in [5.41, 5.74) is 4.46. The van der Waals surface area contributed by atoms with Crippen molar-refractivity contribution in [2.24, 2.45) is 0 Å². The first kappa shape index (κ1) is 24.7. The highest BCUT2D eigenvalue weighted by atomic mass is 16.5. The van der Waals surface area contributed by atoms with Gasteiger partial charge in [-0.25, -0.2) is 0 Å². The second kappa shape index (κ2) is 12.3. The fourth-order valence-corrected chi connectivity index (χ4v) is 3.19. The van der Waals surface area contributed by atoms with Crippen molar-refractivity contribution in [2.45, 2.75) is 39.3 Å². The van der Waals surface area contributed by atoms with Crippen molar-refractivity contribution in [3.05, 3.63) is 83.6 Å². The molecule has 1 unspecified atom stereocenters. The summed E-state index contributed by atoms with van der Waals surface area (Å²) in [7, 11) is 3.01. The molecule has 0 saturated heterocycles. The quantitative estimate of drug-likeness (QED) is 0.339. The number of benzene rings is 2. The Morgan fingerprint density at radius 1 is 1.12 bits per heavy atom. The predicted octanol–water partition coefficient (Wildman–Crippen LogP) is 4.74. The number of esters is 1. The Bertz CT molecular complexity index is 952. The molecular formula is C26H31NO5. The second-order valence-electron chi connectivity index (χ2n) is 7.46. The number of aryl methyl sites for hydroxylation is 2. The van der Waals surface area contributed by atoms with Crippen molar-refractivity contribution in [3.63, 3.8) is 0 Å². The molecule has 32 heavy (non-hydrogen) atoms.